The Hall–Kier alpha value is -0.370. The van der Waals surface area contributed by atoms with E-state index < -0.39 is 0 Å². The average molecular weight is 271 g/mol. The minimum Gasteiger partial charge on any atom is -0.207 e. The summed E-state index contributed by atoms with van der Waals surface area (Å²) in [6.45, 7) is 2.00. The molecule has 0 amide bonds. The van der Waals surface area contributed by atoms with Crippen LogP contribution in [-0.4, -0.2) is 4.83 Å². The van der Waals surface area contributed by atoms with E-state index in [2.05, 4.69) is 15.9 Å². The Morgan fingerprint density at radius 3 is 2.80 bits per heavy atom. The Balaban J connectivity index is 2.10. The van der Waals surface area contributed by atoms with Crippen molar-refractivity contribution in [1.82, 2.24) is 0 Å². The fraction of sp³-hybridized carbons (Fsp3) is 0.538. The first kappa shape index (κ1) is 11.1. The van der Waals surface area contributed by atoms with Crippen LogP contribution in [0.4, 0.5) is 4.39 Å². The van der Waals surface area contributed by atoms with Crippen molar-refractivity contribution in [3.63, 3.8) is 0 Å². The lowest BCUT2D eigenvalue weighted by atomic mass is 9.95. The molecule has 15 heavy (non-hydrogen) atoms. The zero-order valence-electron chi connectivity index (χ0n) is 8.97. The van der Waals surface area contributed by atoms with Gasteiger partial charge in [-0.3, -0.25) is 0 Å². The molecule has 0 saturated heterocycles. The minimum absolute atomic E-state index is 0.127. The van der Waals surface area contributed by atoms with Crippen molar-refractivity contribution in [2.45, 2.75) is 37.4 Å². The van der Waals surface area contributed by atoms with Crippen LogP contribution in [0, 0.1) is 18.7 Å². The monoisotopic (exact) mass is 270 g/mol. The summed E-state index contributed by atoms with van der Waals surface area (Å²) >= 11 is 3.73. The molecule has 1 fully saturated rings. The van der Waals surface area contributed by atoms with Gasteiger partial charge in [-0.25, -0.2) is 4.39 Å². The zero-order chi connectivity index (χ0) is 10.8. The molecular weight excluding hydrogens is 255 g/mol. The van der Waals surface area contributed by atoms with Gasteiger partial charge in [0.25, 0.3) is 0 Å². The molecule has 0 spiro atoms. The summed E-state index contributed by atoms with van der Waals surface area (Å²) < 4.78 is 12.9. The van der Waals surface area contributed by atoms with Gasteiger partial charge >= 0.3 is 0 Å². The smallest absolute Gasteiger partial charge is 0.123 e. The van der Waals surface area contributed by atoms with Gasteiger partial charge < -0.3 is 0 Å². The van der Waals surface area contributed by atoms with Crippen molar-refractivity contribution >= 4 is 15.9 Å². The lowest BCUT2D eigenvalue weighted by Gasteiger charge is -2.15. The predicted molar refractivity (Wildman–Crippen MR) is 64.9 cm³/mol. The van der Waals surface area contributed by atoms with Gasteiger partial charge in [-0.1, -0.05) is 28.4 Å². The summed E-state index contributed by atoms with van der Waals surface area (Å²) in [7, 11) is 0. The second-order valence-corrected chi connectivity index (χ2v) is 5.66. The standard InChI is InChI=1S/C13H16BrF/c1-9-7-12(15)6-5-10(9)8-11-3-2-4-13(11)14/h5-7,11,13H,2-4,8H2,1H3. The molecule has 0 aromatic heterocycles. The van der Waals surface area contributed by atoms with E-state index in [-0.39, 0.29) is 5.82 Å². The summed E-state index contributed by atoms with van der Waals surface area (Å²) in [4.78, 5) is 0.655. The van der Waals surface area contributed by atoms with Gasteiger partial charge in [0.1, 0.15) is 5.82 Å². The van der Waals surface area contributed by atoms with Gasteiger partial charge in [0.15, 0.2) is 0 Å². The fourth-order valence-corrected chi connectivity index (χ4v) is 3.17. The molecule has 2 atom stereocenters. The molecule has 2 unspecified atom stereocenters. The van der Waals surface area contributed by atoms with Gasteiger partial charge in [-0.15, -0.1) is 0 Å². The Kier molecular flexibility index (Phi) is 3.45. The van der Waals surface area contributed by atoms with Crippen molar-refractivity contribution in [1.29, 1.82) is 0 Å². The van der Waals surface area contributed by atoms with E-state index in [4.69, 9.17) is 0 Å². The van der Waals surface area contributed by atoms with E-state index in [1.54, 1.807) is 12.1 Å². The molecule has 0 radical (unpaired) electrons. The number of aryl methyl sites for hydroxylation is 1. The summed E-state index contributed by atoms with van der Waals surface area (Å²) in [6.07, 6.45) is 4.99. The van der Waals surface area contributed by atoms with E-state index in [0.29, 0.717) is 4.83 Å². The van der Waals surface area contributed by atoms with Crippen molar-refractivity contribution in [3.8, 4) is 0 Å². The number of hydrogen-bond donors (Lipinski definition) is 0. The Labute approximate surface area is 99.0 Å². The molecule has 1 aliphatic carbocycles. The SMILES string of the molecule is Cc1cc(F)ccc1CC1CCCC1Br. The van der Waals surface area contributed by atoms with Crippen LogP contribution in [0.1, 0.15) is 30.4 Å². The molecule has 0 N–H and O–H groups in total. The van der Waals surface area contributed by atoms with Crippen molar-refractivity contribution in [2.75, 3.05) is 0 Å². The van der Waals surface area contributed by atoms with E-state index in [0.717, 1.165) is 17.9 Å². The molecular formula is C13H16BrF. The summed E-state index contributed by atoms with van der Waals surface area (Å²) in [6, 6.07) is 5.14. The van der Waals surface area contributed by atoms with E-state index >= 15 is 0 Å². The maximum atomic E-state index is 12.9. The average Bonchev–Trinajstić information content (AvgIpc) is 2.57. The van der Waals surface area contributed by atoms with Crippen LogP contribution in [0.25, 0.3) is 0 Å². The van der Waals surface area contributed by atoms with E-state index in [1.165, 1.54) is 24.8 Å². The second-order valence-electron chi connectivity index (χ2n) is 4.48. The number of halogens is 2. The number of rotatable bonds is 2. The maximum Gasteiger partial charge on any atom is 0.123 e. The molecule has 0 heterocycles. The van der Waals surface area contributed by atoms with Gasteiger partial charge in [-0.05, 0) is 55.4 Å². The number of benzene rings is 1. The third-order valence-electron chi connectivity index (χ3n) is 3.35. The first-order valence-electron chi connectivity index (χ1n) is 5.56. The third-order valence-corrected chi connectivity index (χ3v) is 4.56. The molecule has 1 saturated carbocycles. The third kappa shape index (κ3) is 2.60. The van der Waals surface area contributed by atoms with E-state index in [9.17, 15) is 4.39 Å². The number of hydrogen-bond acceptors (Lipinski definition) is 0. The Bertz CT molecular complexity index is 348. The van der Waals surface area contributed by atoms with Crippen LogP contribution in [0.3, 0.4) is 0 Å². The topological polar surface area (TPSA) is 0 Å². The van der Waals surface area contributed by atoms with Gasteiger partial charge in [-0.2, -0.15) is 0 Å². The fourth-order valence-electron chi connectivity index (χ4n) is 2.39. The van der Waals surface area contributed by atoms with Crippen LogP contribution in [0.5, 0.6) is 0 Å². The highest BCUT2D eigenvalue weighted by Crippen LogP contribution is 2.34. The lowest BCUT2D eigenvalue weighted by Crippen LogP contribution is -2.10. The van der Waals surface area contributed by atoms with Gasteiger partial charge in [0.05, 0.1) is 0 Å². The van der Waals surface area contributed by atoms with Crippen molar-refractivity contribution in [3.05, 3.63) is 35.1 Å². The highest BCUT2D eigenvalue weighted by atomic mass is 79.9. The first-order chi connectivity index (χ1) is 7.16. The van der Waals surface area contributed by atoms with Crippen LogP contribution in [0.15, 0.2) is 18.2 Å². The van der Waals surface area contributed by atoms with Crippen molar-refractivity contribution < 1.29 is 4.39 Å². The largest absolute Gasteiger partial charge is 0.207 e. The van der Waals surface area contributed by atoms with Crippen LogP contribution >= 0.6 is 15.9 Å². The van der Waals surface area contributed by atoms with Crippen LogP contribution < -0.4 is 0 Å². The summed E-state index contributed by atoms with van der Waals surface area (Å²) in [5, 5.41) is 0. The minimum atomic E-state index is -0.127. The van der Waals surface area contributed by atoms with Gasteiger partial charge in [0.2, 0.25) is 0 Å². The Morgan fingerprint density at radius 1 is 1.40 bits per heavy atom. The molecule has 2 heteroatoms. The first-order valence-corrected chi connectivity index (χ1v) is 6.47. The maximum absolute atomic E-state index is 12.9. The lowest BCUT2D eigenvalue weighted by molar-refractivity contribution is 0.559. The Morgan fingerprint density at radius 2 is 2.20 bits per heavy atom. The van der Waals surface area contributed by atoms with Gasteiger partial charge in [0, 0.05) is 4.83 Å². The summed E-state index contributed by atoms with van der Waals surface area (Å²) in [5.74, 6) is 0.604. The summed E-state index contributed by atoms with van der Waals surface area (Å²) in [5.41, 5.74) is 2.38. The molecule has 2 rings (SSSR count). The zero-order valence-corrected chi connectivity index (χ0v) is 10.6. The highest BCUT2D eigenvalue weighted by molar-refractivity contribution is 9.09. The normalized spacial score (nSPS) is 25.8. The van der Waals surface area contributed by atoms with Crippen LogP contribution in [-0.2, 0) is 6.42 Å². The molecule has 1 aromatic rings. The van der Waals surface area contributed by atoms with Crippen LogP contribution in [0.2, 0.25) is 0 Å². The van der Waals surface area contributed by atoms with E-state index in [1.807, 2.05) is 13.0 Å². The molecule has 1 aromatic carbocycles. The predicted octanol–water partition coefficient (Wildman–Crippen LogP) is 4.24. The molecule has 82 valence electrons. The molecule has 0 nitrogen and oxygen atoms in total. The number of alkyl halides is 1. The molecule has 1 aliphatic rings. The quantitative estimate of drug-likeness (QED) is 0.706. The highest BCUT2D eigenvalue weighted by Gasteiger charge is 2.25. The van der Waals surface area contributed by atoms with Crippen molar-refractivity contribution in [2.24, 2.45) is 5.92 Å². The second kappa shape index (κ2) is 4.65. The molecule has 0 aliphatic heterocycles. The molecule has 0 bridgehead atoms.